The van der Waals surface area contributed by atoms with Gasteiger partial charge in [-0.1, -0.05) is 12.1 Å². The van der Waals surface area contributed by atoms with Crippen LogP contribution in [-0.2, 0) is 34.8 Å². The number of aryl methyl sites for hydroxylation is 4. The number of imidazole rings is 2. The number of pyridine rings is 2. The second-order valence-electron chi connectivity index (χ2n) is 22.4. The molecular formula is C62H62F6N8O4. The summed E-state index contributed by atoms with van der Waals surface area (Å²) in [5.41, 5.74) is 6.69. The Morgan fingerprint density at radius 1 is 0.500 bits per heavy atom. The van der Waals surface area contributed by atoms with E-state index in [0.29, 0.717) is 107 Å². The van der Waals surface area contributed by atoms with Crippen molar-refractivity contribution in [3.05, 3.63) is 166 Å². The van der Waals surface area contributed by atoms with Crippen molar-refractivity contribution in [3.63, 3.8) is 0 Å². The lowest BCUT2D eigenvalue weighted by molar-refractivity contribution is 0.0547. The van der Waals surface area contributed by atoms with Crippen molar-refractivity contribution in [2.75, 3.05) is 26.4 Å². The molecule has 0 bridgehead atoms. The number of halogens is 6. The fraction of sp³-hybridized carbons (Fsp3) is 0.355. The van der Waals surface area contributed by atoms with Crippen molar-refractivity contribution in [1.82, 2.24) is 38.2 Å². The summed E-state index contributed by atoms with van der Waals surface area (Å²) in [5, 5.41) is 22.2. The average Bonchev–Trinajstić information content (AvgIpc) is 4.35. The third-order valence-corrected chi connectivity index (χ3v) is 16.1. The highest BCUT2D eigenvalue weighted by atomic mass is 19.2. The van der Waals surface area contributed by atoms with Gasteiger partial charge < -0.3 is 38.0 Å². The van der Waals surface area contributed by atoms with Gasteiger partial charge in [0, 0.05) is 87.3 Å². The highest BCUT2D eigenvalue weighted by Gasteiger charge is 2.36. The zero-order chi connectivity index (χ0) is 56.7. The summed E-state index contributed by atoms with van der Waals surface area (Å²) in [5.74, 6) is -3.89. The highest BCUT2D eigenvalue weighted by Crippen LogP contribution is 2.46. The SMILES string of the molecule is Cc1ncn(C)c1-c1cnc2c3c(F)cc(C(C)(C)O)cc3n(C(c3ccc(F)cc3F)C3CCOCC3)c2c1.Cc1ncn(C)c1-c1cnc2c3c(F)cc(C(C)(C)O)cc3n(C(c3ccc(F)cc3F)C3CCOCC3)c2c1. The first-order valence-electron chi connectivity index (χ1n) is 26.8. The summed E-state index contributed by atoms with van der Waals surface area (Å²) >= 11 is 0. The summed E-state index contributed by atoms with van der Waals surface area (Å²) in [6.45, 7) is 12.2. The van der Waals surface area contributed by atoms with Crippen LogP contribution in [0.15, 0.2) is 97.8 Å². The minimum Gasteiger partial charge on any atom is -0.386 e. The van der Waals surface area contributed by atoms with Crippen LogP contribution < -0.4 is 0 Å². The normalized spacial score (nSPS) is 15.8. The molecule has 2 fully saturated rings. The molecule has 0 radical (unpaired) electrons. The van der Waals surface area contributed by atoms with E-state index < -0.39 is 58.2 Å². The Hall–Kier alpha value is -7.38. The van der Waals surface area contributed by atoms with E-state index in [2.05, 4.69) is 9.97 Å². The van der Waals surface area contributed by atoms with Gasteiger partial charge in [-0.3, -0.25) is 9.97 Å². The molecule has 2 unspecified atom stereocenters. The van der Waals surface area contributed by atoms with Gasteiger partial charge in [-0.15, -0.1) is 0 Å². The Balaban J connectivity index is 0.000000169. The summed E-state index contributed by atoms with van der Waals surface area (Å²) in [4.78, 5) is 18.3. The molecule has 80 heavy (non-hydrogen) atoms. The molecule has 2 aliphatic heterocycles. The van der Waals surface area contributed by atoms with Crippen LogP contribution in [0.5, 0.6) is 0 Å². The smallest absolute Gasteiger partial charge is 0.135 e. The molecule has 2 aliphatic rings. The maximum atomic E-state index is 15.9. The van der Waals surface area contributed by atoms with Crippen LogP contribution >= 0.6 is 0 Å². The minimum absolute atomic E-state index is 0.0801. The fourth-order valence-electron chi connectivity index (χ4n) is 12.2. The van der Waals surface area contributed by atoms with Gasteiger partial charge in [-0.2, -0.15) is 0 Å². The summed E-state index contributed by atoms with van der Waals surface area (Å²) in [6.07, 6.45) is 9.41. The molecule has 2 atom stereocenters. The number of aliphatic hydroxyl groups is 2. The summed E-state index contributed by atoms with van der Waals surface area (Å²) in [7, 11) is 3.78. The van der Waals surface area contributed by atoms with Crippen LogP contribution in [0.3, 0.4) is 0 Å². The monoisotopic (exact) mass is 1100 g/mol. The Morgan fingerprint density at radius 3 is 1.20 bits per heavy atom. The second-order valence-corrected chi connectivity index (χ2v) is 22.4. The van der Waals surface area contributed by atoms with Crippen molar-refractivity contribution in [2.24, 2.45) is 25.9 Å². The van der Waals surface area contributed by atoms with Crippen LogP contribution in [-0.4, -0.2) is 74.8 Å². The van der Waals surface area contributed by atoms with Gasteiger partial charge >= 0.3 is 0 Å². The average molecular weight is 1100 g/mol. The van der Waals surface area contributed by atoms with E-state index in [1.165, 1.54) is 36.4 Å². The number of hydrogen-bond donors (Lipinski definition) is 2. The molecule has 2 N–H and O–H groups in total. The second kappa shape index (κ2) is 20.9. The molecule has 416 valence electrons. The molecule has 4 aromatic carbocycles. The Morgan fingerprint density at radius 2 is 0.875 bits per heavy atom. The molecule has 0 spiro atoms. The number of hydrogen-bond acceptors (Lipinski definition) is 8. The van der Waals surface area contributed by atoms with E-state index in [0.717, 1.165) is 46.0 Å². The number of benzene rings is 4. The molecule has 6 aromatic heterocycles. The van der Waals surface area contributed by atoms with E-state index in [4.69, 9.17) is 19.4 Å². The van der Waals surface area contributed by atoms with Crippen molar-refractivity contribution >= 4 is 43.9 Å². The lowest BCUT2D eigenvalue weighted by Crippen LogP contribution is -2.27. The Bertz CT molecular complexity index is 3710. The quantitative estimate of drug-likeness (QED) is 0.130. The molecular weight excluding hydrogens is 1030 g/mol. The zero-order valence-corrected chi connectivity index (χ0v) is 45.8. The molecule has 0 amide bonds. The largest absolute Gasteiger partial charge is 0.386 e. The molecule has 12 nitrogen and oxygen atoms in total. The Kier molecular flexibility index (Phi) is 14.3. The standard InChI is InChI=1S/2C31H31F3N4O2/c2*1-17-29(37(4)16-36-17)19-11-26-28(35-15-19)27-24(34)12-20(31(2,3)39)13-25(27)38(26)30(18-7-9-40-10-8-18)22-6-5-21(32)14-23(22)33/h2*5-6,11-16,18,30,39H,7-10H2,1-4H3. The van der Waals surface area contributed by atoms with Crippen LogP contribution in [0.2, 0.25) is 0 Å². The molecule has 8 heterocycles. The van der Waals surface area contributed by atoms with Crippen LogP contribution in [0.4, 0.5) is 26.3 Å². The molecule has 0 aliphatic carbocycles. The third-order valence-electron chi connectivity index (χ3n) is 16.1. The number of fused-ring (bicyclic) bond motifs is 6. The van der Waals surface area contributed by atoms with E-state index in [1.54, 1.807) is 64.9 Å². The summed E-state index contributed by atoms with van der Waals surface area (Å²) < 4.78 is 110. The minimum atomic E-state index is -1.32. The van der Waals surface area contributed by atoms with Gasteiger partial charge in [0.05, 0.1) is 103 Å². The van der Waals surface area contributed by atoms with Crippen LogP contribution in [0.1, 0.15) is 99.1 Å². The number of rotatable bonds is 10. The topological polar surface area (TPSA) is 130 Å². The van der Waals surface area contributed by atoms with E-state index in [9.17, 15) is 19.0 Å². The van der Waals surface area contributed by atoms with Gasteiger partial charge in [0.15, 0.2) is 0 Å². The lowest BCUT2D eigenvalue weighted by Gasteiger charge is -2.33. The molecule has 10 aromatic rings. The molecule has 2 saturated heterocycles. The van der Waals surface area contributed by atoms with Gasteiger partial charge in [-0.05, 0) is 139 Å². The van der Waals surface area contributed by atoms with E-state index >= 15 is 17.6 Å². The predicted molar refractivity (Wildman–Crippen MR) is 295 cm³/mol. The van der Waals surface area contributed by atoms with Crippen molar-refractivity contribution in [3.8, 4) is 22.5 Å². The van der Waals surface area contributed by atoms with Crippen molar-refractivity contribution in [1.29, 1.82) is 0 Å². The first kappa shape index (κ1) is 54.6. The number of aromatic nitrogens is 8. The predicted octanol–water partition coefficient (Wildman–Crippen LogP) is 13.1. The van der Waals surface area contributed by atoms with Crippen molar-refractivity contribution < 1.29 is 46.0 Å². The maximum absolute atomic E-state index is 15.9. The first-order chi connectivity index (χ1) is 38.1. The number of nitrogens with zero attached hydrogens (tertiary/aromatic N) is 8. The van der Waals surface area contributed by atoms with Gasteiger partial charge in [0.1, 0.15) is 34.9 Å². The summed E-state index contributed by atoms with van der Waals surface area (Å²) in [6, 6.07) is 16.1. The molecule has 18 heteroatoms. The zero-order valence-electron chi connectivity index (χ0n) is 45.8. The first-order valence-corrected chi connectivity index (χ1v) is 26.8. The van der Waals surface area contributed by atoms with E-state index in [-0.39, 0.29) is 22.6 Å². The fourth-order valence-corrected chi connectivity index (χ4v) is 12.2. The molecule has 0 saturated carbocycles. The number of ether oxygens (including phenoxy) is 2. The van der Waals surface area contributed by atoms with Gasteiger partial charge in [0.25, 0.3) is 0 Å². The lowest BCUT2D eigenvalue weighted by atomic mass is 9.86. The van der Waals surface area contributed by atoms with Gasteiger partial charge in [0.2, 0.25) is 0 Å². The Labute approximate surface area is 458 Å². The third kappa shape index (κ3) is 9.83. The highest BCUT2D eigenvalue weighted by molar-refractivity contribution is 6.08. The molecule has 12 rings (SSSR count). The van der Waals surface area contributed by atoms with Crippen LogP contribution in [0, 0.1) is 60.6 Å². The van der Waals surface area contributed by atoms with Gasteiger partial charge in [-0.25, -0.2) is 36.3 Å². The van der Waals surface area contributed by atoms with Crippen LogP contribution in [0.25, 0.3) is 66.4 Å². The van der Waals surface area contributed by atoms with E-state index in [1.807, 2.05) is 58.3 Å². The maximum Gasteiger partial charge on any atom is 0.135 e. The van der Waals surface area contributed by atoms with Crippen molar-refractivity contribution in [2.45, 2.75) is 90.5 Å².